The van der Waals surface area contributed by atoms with Gasteiger partial charge in [0.15, 0.2) is 5.76 Å². The number of nitrogens with two attached hydrogens (primary N) is 1. The lowest BCUT2D eigenvalue weighted by atomic mass is 10.2. The lowest BCUT2D eigenvalue weighted by Gasteiger charge is -2.06. The van der Waals surface area contributed by atoms with Crippen molar-refractivity contribution >= 4 is 28.5 Å². The Labute approximate surface area is 123 Å². The van der Waals surface area contributed by atoms with Crippen molar-refractivity contribution in [3.63, 3.8) is 0 Å². The number of rotatable bonds is 3. The van der Waals surface area contributed by atoms with Crippen LogP contribution in [0.3, 0.4) is 0 Å². The molecule has 0 spiro atoms. The van der Waals surface area contributed by atoms with Crippen LogP contribution in [0.1, 0.15) is 20.9 Å². The van der Waals surface area contributed by atoms with E-state index in [1.807, 2.05) is 0 Å². The summed E-state index contributed by atoms with van der Waals surface area (Å²) in [5, 5.41) is 3.08. The second kappa shape index (κ2) is 5.28. The van der Waals surface area contributed by atoms with Gasteiger partial charge < -0.3 is 15.5 Å². The number of primary amides is 1. The molecule has 0 fully saturated rings. The van der Waals surface area contributed by atoms with Gasteiger partial charge in [0.05, 0.1) is 17.4 Å². The van der Waals surface area contributed by atoms with Gasteiger partial charge in [-0.15, -0.1) is 0 Å². The molecule has 0 radical (unpaired) electrons. The molecule has 110 valence electrons. The predicted octanol–water partition coefficient (Wildman–Crippen LogP) is 2.32. The Kier molecular flexibility index (Phi) is 3.30. The van der Waals surface area contributed by atoms with Gasteiger partial charge >= 0.3 is 0 Å². The minimum absolute atomic E-state index is 0.0140. The van der Waals surface area contributed by atoms with Crippen LogP contribution in [0.15, 0.2) is 47.1 Å². The van der Waals surface area contributed by atoms with Gasteiger partial charge in [-0.1, -0.05) is 0 Å². The smallest absolute Gasteiger partial charge is 0.291 e. The van der Waals surface area contributed by atoms with E-state index in [1.54, 1.807) is 0 Å². The van der Waals surface area contributed by atoms with Crippen molar-refractivity contribution in [2.24, 2.45) is 5.73 Å². The summed E-state index contributed by atoms with van der Waals surface area (Å²) in [5.74, 6) is -1.76. The molecule has 0 bridgehead atoms. The summed E-state index contributed by atoms with van der Waals surface area (Å²) in [6, 6.07) is 6.83. The number of nitrogens with one attached hydrogen (secondary N) is 1. The zero-order valence-corrected chi connectivity index (χ0v) is 11.2. The highest BCUT2D eigenvalue weighted by Gasteiger charge is 2.16. The molecule has 0 atom stereocenters. The standard InChI is InChI=1S/C15H10FN3O3/c16-9-2-1-8-5-13(22-12(8)6-9)15(21)19-11-7-18-4-3-10(11)14(17)20/h1-7H,(H2,17,20)(H,19,21). The number of hydrogen-bond acceptors (Lipinski definition) is 4. The number of anilines is 1. The molecule has 2 aromatic heterocycles. The van der Waals surface area contributed by atoms with Crippen LogP contribution < -0.4 is 11.1 Å². The average molecular weight is 299 g/mol. The summed E-state index contributed by atoms with van der Waals surface area (Å²) >= 11 is 0. The number of hydrogen-bond donors (Lipinski definition) is 2. The highest BCUT2D eigenvalue weighted by Crippen LogP contribution is 2.22. The molecule has 1 aromatic carbocycles. The Hall–Kier alpha value is -3.22. The van der Waals surface area contributed by atoms with E-state index in [9.17, 15) is 14.0 Å². The molecular formula is C15H10FN3O3. The zero-order valence-electron chi connectivity index (χ0n) is 11.2. The molecule has 0 saturated heterocycles. The SMILES string of the molecule is NC(=O)c1ccncc1NC(=O)c1cc2ccc(F)cc2o1. The highest BCUT2D eigenvalue weighted by molar-refractivity contribution is 6.08. The third-order valence-electron chi connectivity index (χ3n) is 3.04. The Balaban J connectivity index is 1.92. The summed E-state index contributed by atoms with van der Waals surface area (Å²) in [4.78, 5) is 27.3. The molecule has 0 unspecified atom stereocenters. The topological polar surface area (TPSA) is 98.2 Å². The minimum atomic E-state index is -0.690. The third kappa shape index (κ3) is 2.51. The van der Waals surface area contributed by atoms with Crippen molar-refractivity contribution in [2.75, 3.05) is 5.32 Å². The molecule has 6 nitrogen and oxygen atoms in total. The van der Waals surface area contributed by atoms with Gasteiger partial charge in [-0.25, -0.2) is 4.39 Å². The van der Waals surface area contributed by atoms with Crippen LogP contribution in [0.2, 0.25) is 0 Å². The van der Waals surface area contributed by atoms with E-state index in [2.05, 4.69) is 10.3 Å². The van der Waals surface area contributed by atoms with Gasteiger partial charge in [0.25, 0.3) is 11.8 Å². The third-order valence-corrected chi connectivity index (χ3v) is 3.04. The molecule has 0 saturated carbocycles. The lowest BCUT2D eigenvalue weighted by Crippen LogP contribution is -2.18. The summed E-state index contributed by atoms with van der Waals surface area (Å²) in [7, 11) is 0. The second-order valence-corrected chi connectivity index (χ2v) is 4.53. The van der Waals surface area contributed by atoms with Gasteiger partial charge in [0.2, 0.25) is 0 Å². The Bertz CT molecular complexity index is 889. The molecule has 0 aliphatic heterocycles. The predicted molar refractivity (Wildman–Crippen MR) is 76.9 cm³/mol. The maximum absolute atomic E-state index is 13.1. The molecule has 0 aliphatic rings. The number of carbonyl (C=O) groups is 2. The summed E-state index contributed by atoms with van der Waals surface area (Å²) in [6.07, 6.45) is 2.69. The molecule has 2 heterocycles. The van der Waals surface area contributed by atoms with Crippen LogP contribution in [-0.4, -0.2) is 16.8 Å². The van der Waals surface area contributed by atoms with Gasteiger partial charge in [-0.05, 0) is 24.3 Å². The van der Waals surface area contributed by atoms with Crippen LogP contribution in [0.5, 0.6) is 0 Å². The fraction of sp³-hybridized carbons (Fsp3) is 0. The minimum Gasteiger partial charge on any atom is -0.451 e. The number of nitrogens with zero attached hydrogens (tertiary/aromatic N) is 1. The van der Waals surface area contributed by atoms with Crippen molar-refractivity contribution in [3.8, 4) is 0 Å². The van der Waals surface area contributed by atoms with E-state index in [-0.39, 0.29) is 22.6 Å². The first-order valence-corrected chi connectivity index (χ1v) is 6.29. The van der Waals surface area contributed by atoms with Gasteiger partial charge in [-0.2, -0.15) is 0 Å². The summed E-state index contributed by atoms with van der Waals surface area (Å²) in [5.41, 5.74) is 5.78. The summed E-state index contributed by atoms with van der Waals surface area (Å²) < 4.78 is 18.4. The zero-order chi connectivity index (χ0) is 15.7. The first kappa shape index (κ1) is 13.7. The van der Waals surface area contributed by atoms with E-state index in [1.165, 1.54) is 42.7 Å². The largest absolute Gasteiger partial charge is 0.451 e. The molecule has 3 aromatic rings. The normalized spacial score (nSPS) is 10.6. The van der Waals surface area contributed by atoms with E-state index in [4.69, 9.17) is 10.2 Å². The molecule has 22 heavy (non-hydrogen) atoms. The quantitative estimate of drug-likeness (QED) is 0.775. The van der Waals surface area contributed by atoms with Crippen molar-refractivity contribution < 1.29 is 18.4 Å². The lowest BCUT2D eigenvalue weighted by molar-refractivity contribution is 0.0998. The van der Waals surface area contributed by atoms with Gasteiger partial charge in [0.1, 0.15) is 11.4 Å². The second-order valence-electron chi connectivity index (χ2n) is 4.53. The Morgan fingerprint density at radius 1 is 1.23 bits per heavy atom. The van der Waals surface area contributed by atoms with E-state index >= 15 is 0 Å². The number of fused-ring (bicyclic) bond motifs is 1. The van der Waals surface area contributed by atoms with Crippen LogP contribution in [0.25, 0.3) is 11.0 Å². The molecule has 3 rings (SSSR count). The monoisotopic (exact) mass is 299 g/mol. The number of benzene rings is 1. The highest BCUT2D eigenvalue weighted by atomic mass is 19.1. The van der Waals surface area contributed by atoms with Crippen LogP contribution in [0, 0.1) is 5.82 Å². The Morgan fingerprint density at radius 2 is 2.05 bits per heavy atom. The number of amides is 2. The fourth-order valence-corrected chi connectivity index (χ4v) is 2.01. The van der Waals surface area contributed by atoms with Gasteiger partial charge in [0, 0.05) is 17.6 Å². The van der Waals surface area contributed by atoms with Crippen molar-refractivity contribution in [3.05, 3.63) is 59.9 Å². The first-order chi connectivity index (χ1) is 10.5. The summed E-state index contributed by atoms with van der Waals surface area (Å²) in [6.45, 7) is 0. The number of pyridine rings is 1. The van der Waals surface area contributed by atoms with Crippen molar-refractivity contribution in [1.82, 2.24) is 4.98 Å². The molecule has 3 N–H and O–H groups in total. The Morgan fingerprint density at radius 3 is 2.82 bits per heavy atom. The molecule has 7 heteroatoms. The number of aromatic nitrogens is 1. The van der Waals surface area contributed by atoms with Crippen LogP contribution in [-0.2, 0) is 0 Å². The van der Waals surface area contributed by atoms with Crippen molar-refractivity contribution in [2.45, 2.75) is 0 Å². The van der Waals surface area contributed by atoms with Crippen molar-refractivity contribution in [1.29, 1.82) is 0 Å². The molecule has 0 aliphatic carbocycles. The van der Waals surface area contributed by atoms with Crippen LogP contribution >= 0.6 is 0 Å². The maximum atomic E-state index is 13.1. The molecular weight excluding hydrogens is 289 g/mol. The first-order valence-electron chi connectivity index (χ1n) is 6.29. The average Bonchev–Trinajstić information content (AvgIpc) is 2.90. The van der Waals surface area contributed by atoms with Gasteiger partial charge in [-0.3, -0.25) is 14.6 Å². The number of halogens is 1. The van der Waals surface area contributed by atoms with E-state index in [0.717, 1.165) is 0 Å². The number of carbonyl (C=O) groups excluding carboxylic acids is 2. The molecule has 2 amide bonds. The maximum Gasteiger partial charge on any atom is 0.291 e. The van der Waals surface area contributed by atoms with Crippen LogP contribution in [0.4, 0.5) is 10.1 Å². The fourth-order valence-electron chi connectivity index (χ4n) is 2.01. The van der Waals surface area contributed by atoms with E-state index < -0.39 is 17.6 Å². The number of furan rings is 1. The van der Waals surface area contributed by atoms with E-state index in [0.29, 0.717) is 5.39 Å².